The third-order valence-corrected chi connectivity index (χ3v) is 6.37. The molecule has 3 N–H and O–H groups in total. The molecule has 0 aromatic heterocycles. The van der Waals surface area contributed by atoms with E-state index in [1.54, 1.807) is 6.07 Å². The largest absolute Gasteiger partial charge is 0.398 e. The predicted molar refractivity (Wildman–Crippen MR) is 81.8 cm³/mol. The van der Waals surface area contributed by atoms with Gasteiger partial charge in [-0.25, -0.2) is 8.42 Å². The summed E-state index contributed by atoms with van der Waals surface area (Å²) < 4.78 is 22.8. The molecule has 0 spiro atoms. The van der Waals surface area contributed by atoms with E-state index in [0.29, 0.717) is 5.69 Å². The Morgan fingerprint density at radius 3 is 2.70 bits per heavy atom. The Morgan fingerprint density at radius 2 is 2.10 bits per heavy atom. The van der Waals surface area contributed by atoms with Crippen LogP contribution < -0.4 is 11.1 Å². The lowest BCUT2D eigenvalue weighted by Gasteiger charge is -2.14. The van der Waals surface area contributed by atoms with Gasteiger partial charge < -0.3 is 11.1 Å². The van der Waals surface area contributed by atoms with Gasteiger partial charge in [-0.1, -0.05) is 12.1 Å². The van der Waals surface area contributed by atoms with Crippen LogP contribution in [0.15, 0.2) is 29.2 Å². The van der Waals surface area contributed by atoms with Crippen LogP contribution in [-0.4, -0.2) is 43.0 Å². The molecule has 2 unspecified atom stereocenters. The lowest BCUT2D eigenvalue weighted by atomic mass is 10.2. The van der Waals surface area contributed by atoms with Gasteiger partial charge in [0.25, 0.3) is 0 Å². The van der Waals surface area contributed by atoms with E-state index in [1.165, 1.54) is 11.8 Å². The van der Waals surface area contributed by atoms with E-state index in [9.17, 15) is 13.2 Å². The molecule has 0 radical (unpaired) electrons. The normalized spacial score (nSPS) is 24.4. The Morgan fingerprint density at radius 1 is 1.40 bits per heavy atom. The molecule has 110 valence electrons. The molecule has 1 aliphatic heterocycles. The number of nitrogens with one attached hydrogen (secondary N) is 1. The molecule has 1 aromatic rings. The summed E-state index contributed by atoms with van der Waals surface area (Å²) in [7, 11) is -3.14. The van der Waals surface area contributed by atoms with Gasteiger partial charge in [-0.15, -0.1) is 23.4 Å². The van der Waals surface area contributed by atoms with Crippen LogP contribution >= 0.6 is 23.4 Å². The Kier molecular flexibility index (Phi) is 4.82. The van der Waals surface area contributed by atoms with E-state index in [-0.39, 0.29) is 23.2 Å². The number of rotatable bonds is 4. The molecule has 1 aromatic carbocycles. The van der Waals surface area contributed by atoms with Gasteiger partial charge in [0.15, 0.2) is 9.84 Å². The van der Waals surface area contributed by atoms with Gasteiger partial charge >= 0.3 is 0 Å². The van der Waals surface area contributed by atoms with E-state index in [2.05, 4.69) is 5.32 Å². The van der Waals surface area contributed by atoms with E-state index in [1.807, 2.05) is 18.2 Å². The second kappa shape index (κ2) is 6.24. The summed E-state index contributed by atoms with van der Waals surface area (Å²) in [4.78, 5) is 12.6. The van der Waals surface area contributed by atoms with Gasteiger partial charge in [-0.3, -0.25) is 4.79 Å². The zero-order chi connectivity index (χ0) is 14.8. The Balaban J connectivity index is 1.86. The maximum atomic E-state index is 11.8. The summed E-state index contributed by atoms with van der Waals surface area (Å²) in [5.74, 6) is -0.247. The van der Waals surface area contributed by atoms with Crippen molar-refractivity contribution in [3.63, 3.8) is 0 Å². The van der Waals surface area contributed by atoms with E-state index < -0.39 is 21.3 Å². The number of carbonyl (C=O) groups is 1. The van der Waals surface area contributed by atoms with Crippen molar-refractivity contribution in [3.05, 3.63) is 24.3 Å². The number of carbonyl (C=O) groups excluding carboxylic acids is 1. The molecule has 1 amide bonds. The van der Waals surface area contributed by atoms with Crippen LogP contribution in [0.3, 0.4) is 0 Å². The molecule has 5 nitrogen and oxygen atoms in total. The first-order valence-electron chi connectivity index (χ1n) is 5.98. The van der Waals surface area contributed by atoms with E-state index >= 15 is 0 Å². The number of para-hydroxylation sites is 1. The van der Waals surface area contributed by atoms with Crippen LogP contribution in [0, 0.1) is 0 Å². The van der Waals surface area contributed by atoms with Gasteiger partial charge in [0, 0.05) is 10.6 Å². The molecule has 1 saturated heterocycles. The summed E-state index contributed by atoms with van der Waals surface area (Å²) in [6.45, 7) is 0. The Bertz CT molecular complexity index is 606. The number of benzene rings is 1. The number of anilines is 1. The number of nitrogens with two attached hydrogens (primary N) is 1. The van der Waals surface area contributed by atoms with Gasteiger partial charge in [0.2, 0.25) is 5.91 Å². The van der Waals surface area contributed by atoms with Crippen molar-refractivity contribution >= 4 is 44.8 Å². The summed E-state index contributed by atoms with van der Waals surface area (Å²) in [6.07, 6.45) is 0. The van der Waals surface area contributed by atoms with Crippen LogP contribution in [0.25, 0.3) is 0 Å². The van der Waals surface area contributed by atoms with Crippen molar-refractivity contribution in [1.29, 1.82) is 0 Å². The number of alkyl halides is 1. The topological polar surface area (TPSA) is 89.3 Å². The molecular weight excluding hydrogens is 320 g/mol. The fourth-order valence-electron chi connectivity index (χ4n) is 1.94. The Hall–Kier alpha value is -0.920. The van der Waals surface area contributed by atoms with Crippen molar-refractivity contribution in [3.8, 4) is 0 Å². The predicted octanol–water partition coefficient (Wildman–Crippen LogP) is 0.881. The molecule has 2 rings (SSSR count). The quantitative estimate of drug-likeness (QED) is 0.485. The standard InChI is InChI=1S/C12H15ClN2O3S2/c13-8-6-20(17,18)7-10(8)15-12(16)5-19-11-4-2-1-3-9(11)14/h1-4,8,10H,5-7,14H2,(H,15,16). The average Bonchev–Trinajstić information content (AvgIpc) is 2.61. The maximum Gasteiger partial charge on any atom is 0.230 e. The monoisotopic (exact) mass is 334 g/mol. The van der Waals surface area contributed by atoms with Gasteiger partial charge in [-0.2, -0.15) is 0 Å². The third-order valence-electron chi connectivity index (χ3n) is 2.91. The number of sulfone groups is 1. The molecule has 0 aliphatic carbocycles. The summed E-state index contributed by atoms with van der Waals surface area (Å²) in [5.41, 5.74) is 6.39. The van der Waals surface area contributed by atoms with Crippen LogP contribution in [0.1, 0.15) is 0 Å². The van der Waals surface area contributed by atoms with Crippen LogP contribution in [0.5, 0.6) is 0 Å². The molecule has 1 aliphatic rings. The molecule has 2 atom stereocenters. The van der Waals surface area contributed by atoms with Crippen LogP contribution in [0.4, 0.5) is 5.69 Å². The van der Waals surface area contributed by atoms with Crippen molar-refractivity contribution in [2.75, 3.05) is 23.0 Å². The van der Waals surface area contributed by atoms with E-state index in [0.717, 1.165) is 4.90 Å². The molecule has 8 heteroatoms. The third kappa shape index (κ3) is 4.04. The highest BCUT2D eigenvalue weighted by molar-refractivity contribution is 8.00. The van der Waals surface area contributed by atoms with Crippen molar-refractivity contribution < 1.29 is 13.2 Å². The molecule has 0 saturated carbocycles. The average molecular weight is 335 g/mol. The minimum atomic E-state index is -3.14. The lowest BCUT2D eigenvalue weighted by molar-refractivity contribution is -0.119. The van der Waals surface area contributed by atoms with Crippen LogP contribution in [0.2, 0.25) is 0 Å². The zero-order valence-corrected chi connectivity index (χ0v) is 13.0. The molecule has 1 heterocycles. The summed E-state index contributed by atoms with van der Waals surface area (Å²) in [6, 6.07) is 6.74. The van der Waals surface area contributed by atoms with Crippen LogP contribution in [-0.2, 0) is 14.6 Å². The number of halogens is 1. The smallest absolute Gasteiger partial charge is 0.230 e. The highest BCUT2D eigenvalue weighted by Crippen LogP contribution is 2.24. The Labute approximate surface area is 127 Å². The highest BCUT2D eigenvalue weighted by atomic mass is 35.5. The second-order valence-corrected chi connectivity index (χ2v) is 8.32. The van der Waals surface area contributed by atoms with E-state index in [4.69, 9.17) is 17.3 Å². The number of thioether (sulfide) groups is 1. The maximum absolute atomic E-state index is 11.8. The van der Waals surface area contributed by atoms with Gasteiger partial charge in [0.05, 0.1) is 28.7 Å². The highest BCUT2D eigenvalue weighted by Gasteiger charge is 2.37. The van der Waals surface area contributed by atoms with Crippen molar-refractivity contribution in [1.82, 2.24) is 5.32 Å². The zero-order valence-electron chi connectivity index (χ0n) is 10.6. The molecule has 0 bridgehead atoms. The molecule has 1 fully saturated rings. The van der Waals surface area contributed by atoms with Gasteiger partial charge in [0.1, 0.15) is 0 Å². The number of hydrogen-bond acceptors (Lipinski definition) is 5. The fraction of sp³-hybridized carbons (Fsp3) is 0.417. The van der Waals surface area contributed by atoms with Crippen molar-refractivity contribution in [2.24, 2.45) is 0 Å². The molecular formula is C12H15ClN2O3S2. The number of nitrogen functional groups attached to an aromatic ring is 1. The number of amides is 1. The van der Waals surface area contributed by atoms with Crippen molar-refractivity contribution in [2.45, 2.75) is 16.3 Å². The van der Waals surface area contributed by atoms with Gasteiger partial charge in [-0.05, 0) is 12.1 Å². The first-order chi connectivity index (χ1) is 9.37. The fourth-order valence-corrected chi connectivity index (χ4v) is 5.27. The second-order valence-electron chi connectivity index (χ2n) is 4.59. The summed E-state index contributed by atoms with van der Waals surface area (Å²) >= 11 is 7.24. The SMILES string of the molecule is Nc1ccccc1SCC(=O)NC1CS(=O)(=O)CC1Cl. The first kappa shape index (κ1) is 15.5. The minimum absolute atomic E-state index is 0.0850. The number of hydrogen-bond donors (Lipinski definition) is 2. The molecule has 20 heavy (non-hydrogen) atoms. The lowest BCUT2D eigenvalue weighted by Crippen LogP contribution is -2.41. The minimum Gasteiger partial charge on any atom is -0.398 e. The first-order valence-corrected chi connectivity index (χ1v) is 9.23. The summed E-state index contributed by atoms with van der Waals surface area (Å²) in [5, 5.41) is 2.10.